The molecule has 0 aromatic heterocycles. The van der Waals surface area contributed by atoms with E-state index >= 15 is 0 Å². The number of hydrogen-bond donors (Lipinski definition) is 2. The van der Waals surface area contributed by atoms with Crippen LogP contribution in [0.3, 0.4) is 0 Å². The second-order valence-corrected chi connectivity index (χ2v) is 6.81. The second kappa shape index (κ2) is 6.68. The van der Waals surface area contributed by atoms with Gasteiger partial charge in [0.2, 0.25) is 0 Å². The lowest BCUT2D eigenvalue weighted by Crippen LogP contribution is -2.11. The molecule has 0 fully saturated rings. The summed E-state index contributed by atoms with van der Waals surface area (Å²) in [4.78, 5) is 12.6. The maximum atomic E-state index is 12.6. The third kappa shape index (κ3) is 3.03. The van der Waals surface area contributed by atoms with Gasteiger partial charge in [-0.25, -0.2) is 0 Å². The molecular weight excluding hydrogens is 296 g/mol. The molecule has 1 heterocycles. The molecule has 3 rings (SSSR count). The number of carbonyl (C=O) groups excluding carboxylic acids is 1. The van der Waals surface area contributed by atoms with Gasteiger partial charge >= 0.3 is 0 Å². The van der Waals surface area contributed by atoms with Gasteiger partial charge in [-0.05, 0) is 60.1 Å². The van der Waals surface area contributed by atoms with Crippen molar-refractivity contribution in [1.82, 2.24) is 0 Å². The molecule has 2 aromatic carbocycles. The van der Waals surface area contributed by atoms with Crippen molar-refractivity contribution in [3.63, 3.8) is 0 Å². The van der Waals surface area contributed by atoms with Crippen LogP contribution in [-0.4, -0.2) is 5.91 Å². The molecule has 3 heteroatoms. The highest BCUT2D eigenvalue weighted by Crippen LogP contribution is 2.36. The lowest BCUT2D eigenvalue weighted by Gasteiger charge is -2.15. The first kappa shape index (κ1) is 16.6. The highest BCUT2D eigenvalue weighted by molar-refractivity contribution is 6.12. The Hall–Kier alpha value is -2.29. The molecule has 0 bridgehead atoms. The van der Waals surface area contributed by atoms with Crippen LogP contribution < -0.4 is 10.6 Å². The van der Waals surface area contributed by atoms with Crippen molar-refractivity contribution < 1.29 is 4.79 Å². The van der Waals surface area contributed by atoms with Crippen LogP contribution in [0.25, 0.3) is 0 Å². The van der Waals surface area contributed by atoms with Gasteiger partial charge in [-0.15, -0.1) is 0 Å². The fraction of sp³-hybridized carbons (Fsp3) is 0.381. The van der Waals surface area contributed by atoms with E-state index in [9.17, 15) is 4.79 Å². The largest absolute Gasteiger partial charge is 0.353 e. The molecule has 24 heavy (non-hydrogen) atoms. The van der Waals surface area contributed by atoms with Gasteiger partial charge in [0.05, 0.1) is 22.6 Å². The van der Waals surface area contributed by atoms with Crippen LogP contribution in [0.5, 0.6) is 0 Å². The molecule has 1 unspecified atom stereocenters. The molecule has 1 aliphatic rings. The van der Waals surface area contributed by atoms with E-state index in [2.05, 4.69) is 68.7 Å². The van der Waals surface area contributed by atoms with Gasteiger partial charge in [-0.3, -0.25) is 4.79 Å². The van der Waals surface area contributed by atoms with Crippen molar-refractivity contribution in [2.45, 2.75) is 52.4 Å². The molecule has 2 atom stereocenters. The zero-order chi connectivity index (χ0) is 17.3. The first-order valence-corrected chi connectivity index (χ1v) is 8.89. The molecule has 0 radical (unpaired) electrons. The molecule has 0 saturated carbocycles. The maximum absolute atomic E-state index is 12.6. The SMILES string of the molecule is CCC(C)c1ccc2c(c1)NC(=O)c1ccc([C@@H](C)CC)cc1N2. The third-order valence-electron chi connectivity index (χ3n) is 5.21. The predicted octanol–water partition coefficient (Wildman–Crippen LogP) is 6.02. The van der Waals surface area contributed by atoms with Gasteiger partial charge in [0.1, 0.15) is 0 Å². The van der Waals surface area contributed by atoms with Gasteiger partial charge in [0, 0.05) is 0 Å². The summed E-state index contributed by atoms with van der Waals surface area (Å²) in [5, 5.41) is 6.51. The van der Waals surface area contributed by atoms with Crippen LogP contribution in [0.15, 0.2) is 36.4 Å². The van der Waals surface area contributed by atoms with Crippen molar-refractivity contribution in [2.24, 2.45) is 0 Å². The Bertz CT molecular complexity index is 766. The van der Waals surface area contributed by atoms with Crippen LogP contribution >= 0.6 is 0 Å². The Morgan fingerprint density at radius 1 is 0.792 bits per heavy atom. The maximum Gasteiger partial charge on any atom is 0.257 e. The number of hydrogen-bond acceptors (Lipinski definition) is 2. The zero-order valence-electron chi connectivity index (χ0n) is 14.9. The molecule has 0 aliphatic carbocycles. The molecule has 2 aromatic rings. The molecule has 1 aliphatic heterocycles. The number of carbonyl (C=O) groups is 1. The number of nitrogens with one attached hydrogen (secondary N) is 2. The average molecular weight is 322 g/mol. The molecule has 3 nitrogen and oxygen atoms in total. The van der Waals surface area contributed by atoms with Gasteiger partial charge < -0.3 is 10.6 Å². The third-order valence-corrected chi connectivity index (χ3v) is 5.21. The van der Waals surface area contributed by atoms with Crippen molar-refractivity contribution in [3.8, 4) is 0 Å². The van der Waals surface area contributed by atoms with E-state index in [4.69, 9.17) is 0 Å². The predicted molar refractivity (Wildman–Crippen MR) is 102 cm³/mol. The van der Waals surface area contributed by atoms with E-state index in [1.165, 1.54) is 11.1 Å². The normalized spacial score (nSPS) is 15.4. The van der Waals surface area contributed by atoms with E-state index in [1.54, 1.807) is 0 Å². The van der Waals surface area contributed by atoms with Crippen LogP contribution in [0, 0.1) is 0 Å². The van der Waals surface area contributed by atoms with Crippen LogP contribution in [-0.2, 0) is 0 Å². The minimum atomic E-state index is -0.0479. The lowest BCUT2D eigenvalue weighted by atomic mass is 9.96. The molecule has 0 saturated heterocycles. The number of rotatable bonds is 4. The highest BCUT2D eigenvalue weighted by Gasteiger charge is 2.20. The topological polar surface area (TPSA) is 41.1 Å². The fourth-order valence-corrected chi connectivity index (χ4v) is 3.06. The van der Waals surface area contributed by atoms with Gasteiger partial charge in [-0.2, -0.15) is 0 Å². The van der Waals surface area contributed by atoms with Crippen LogP contribution in [0.2, 0.25) is 0 Å². The second-order valence-electron chi connectivity index (χ2n) is 6.81. The highest BCUT2D eigenvalue weighted by atomic mass is 16.1. The molecule has 1 amide bonds. The number of fused-ring (bicyclic) bond motifs is 2. The number of anilines is 3. The van der Waals surface area contributed by atoms with Crippen molar-refractivity contribution in [1.29, 1.82) is 0 Å². The summed E-state index contributed by atoms with van der Waals surface area (Å²) in [5.41, 5.74) is 5.92. The molecule has 0 spiro atoms. The summed E-state index contributed by atoms with van der Waals surface area (Å²) < 4.78 is 0. The summed E-state index contributed by atoms with van der Waals surface area (Å²) in [6.07, 6.45) is 2.17. The summed E-state index contributed by atoms with van der Waals surface area (Å²) in [6, 6.07) is 12.4. The summed E-state index contributed by atoms with van der Waals surface area (Å²) in [6.45, 7) is 8.79. The summed E-state index contributed by atoms with van der Waals surface area (Å²) >= 11 is 0. The van der Waals surface area contributed by atoms with E-state index < -0.39 is 0 Å². The van der Waals surface area contributed by atoms with E-state index in [-0.39, 0.29) is 5.91 Å². The fourth-order valence-electron chi connectivity index (χ4n) is 3.06. The van der Waals surface area contributed by atoms with Crippen molar-refractivity contribution in [3.05, 3.63) is 53.1 Å². The first-order valence-electron chi connectivity index (χ1n) is 8.89. The first-order chi connectivity index (χ1) is 11.5. The Labute approximate surface area is 144 Å². The van der Waals surface area contributed by atoms with Crippen LogP contribution in [0.4, 0.5) is 17.1 Å². The summed E-state index contributed by atoms with van der Waals surface area (Å²) in [7, 11) is 0. The standard InChI is InChI=1S/C21H26N2O/c1-5-13(3)15-7-9-17-19(11-15)22-18-10-8-16(14(4)6-2)12-20(18)23-21(17)24/h7-14,22H,5-6H2,1-4H3,(H,23,24)/t13-,14?/m0/s1. The Morgan fingerprint density at radius 3 is 2.00 bits per heavy atom. The van der Waals surface area contributed by atoms with Crippen molar-refractivity contribution >= 4 is 23.0 Å². The Balaban J connectivity index is 2.01. The van der Waals surface area contributed by atoms with Crippen LogP contribution in [0.1, 0.15) is 73.9 Å². The number of amides is 1. The Kier molecular flexibility index (Phi) is 4.61. The average Bonchev–Trinajstić information content (AvgIpc) is 2.74. The minimum absolute atomic E-state index is 0.0479. The molecule has 2 N–H and O–H groups in total. The number of benzene rings is 2. The monoisotopic (exact) mass is 322 g/mol. The smallest absolute Gasteiger partial charge is 0.257 e. The molecule has 126 valence electrons. The minimum Gasteiger partial charge on any atom is -0.353 e. The summed E-state index contributed by atoms with van der Waals surface area (Å²) in [5.74, 6) is 0.916. The van der Waals surface area contributed by atoms with Crippen molar-refractivity contribution in [2.75, 3.05) is 10.6 Å². The Morgan fingerprint density at radius 2 is 1.38 bits per heavy atom. The quantitative estimate of drug-likeness (QED) is 0.722. The molecular formula is C21H26N2O. The van der Waals surface area contributed by atoms with Gasteiger partial charge in [0.25, 0.3) is 5.91 Å². The lowest BCUT2D eigenvalue weighted by molar-refractivity contribution is 0.102. The van der Waals surface area contributed by atoms with Gasteiger partial charge in [-0.1, -0.05) is 39.8 Å². The van der Waals surface area contributed by atoms with E-state index in [0.29, 0.717) is 17.4 Å². The van der Waals surface area contributed by atoms with E-state index in [0.717, 1.165) is 29.9 Å². The zero-order valence-corrected chi connectivity index (χ0v) is 14.9. The van der Waals surface area contributed by atoms with E-state index in [1.807, 2.05) is 6.07 Å². The van der Waals surface area contributed by atoms with Gasteiger partial charge in [0.15, 0.2) is 0 Å².